The zero-order chi connectivity index (χ0) is 34.4. The lowest BCUT2D eigenvalue weighted by atomic mass is 9.84. The van der Waals surface area contributed by atoms with Crippen molar-refractivity contribution < 1.29 is 0 Å². The van der Waals surface area contributed by atoms with Crippen molar-refractivity contribution in [3.63, 3.8) is 0 Å². The van der Waals surface area contributed by atoms with E-state index in [1.165, 1.54) is 98.7 Å². The van der Waals surface area contributed by atoms with Gasteiger partial charge in [0.2, 0.25) is 0 Å². The van der Waals surface area contributed by atoms with Gasteiger partial charge in [-0.05, 0) is 117 Å². The molecule has 0 aliphatic rings. The smallest absolute Gasteiger partial charge is 0.00201 e. The minimum absolute atomic E-state index is 1.21. The first-order valence-electron chi connectivity index (χ1n) is 18.0. The van der Waals surface area contributed by atoms with Crippen molar-refractivity contribution in [2.24, 2.45) is 0 Å². The van der Waals surface area contributed by atoms with Crippen LogP contribution in [0.3, 0.4) is 0 Å². The fourth-order valence-electron chi connectivity index (χ4n) is 8.12. The Balaban J connectivity index is 1.08. The van der Waals surface area contributed by atoms with Crippen molar-refractivity contribution >= 4 is 43.1 Å². The first-order valence-corrected chi connectivity index (χ1v) is 18.0. The number of rotatable bonds is 5. The summed E-state index contributed by atoms with van der Waals surface area (Å²) in [7, 11) is 0. The largest absolute Gasteiger partial charge is 0.0622 e. The molecule has 0 fully saturated rings. The molecule has 0 amide bonds. The van der Waals surface area contributed by atoms with E-state index in [0.717, 1.165) is 0 Å². The van der Waals surface area contributed by atoms with Crippen LogP contribution in [0.2, 0.25) is 0 Å². The Morgan fingerprint density at radius 1 is 0.192 bits per heavy atom. The predicted octanol–water partition coefficient (Wildman–Crippen LogP) is 14.6. The van der Waals surface area contributed by atoms with Gasteiger partial charge in [-0.3, -0.25) is 0 Å². The highest BCUT2D eigenvalue weighted by Gasteiger charge is 2.18. The molecule has 0 aliphatic carbocycles. The van der Waals surface area contributed by atoms with Gasteiger partial charge in [-0.2, -0.15) is 0 Å². The number of fused-ring (bicyclic) bond motifs is 4. The minimum Gasteiger partial charge on any atom is -0.0622 e. The van der Waals surface area contributed by atoms with Gasteiger partial charge >= 0.3 is 0 Å². The van der Waals surface area contributed by atoms with E-state index in [9.17, 15) is 0 Å². The fraction of sp³-hybridized carbons (Fsp3) is 0. The molecule has 0 saturated carbocycles. The molecule has 0 aliphatic heterocycles. The zero-order valence-corrected chi connectivity index (χ0v) is 28.6. The van der Waals surface area contributed by atoms with E-state index in [2.05, 4.69) is 206 Å². The van der Waals surface area contributed by atoms with Crippen molar-refractivity contribution in [2.45, 2.75) is 0 Å². The van der Waals surface area contributed by atoms with E-state index in [4.69, 9.17) is 0 Å². The molecule has 0 N–H and O–H groups in total. The molecule has 242 valence electrons. The second kappa shape index (κ2) is 12.5. The highest BCUT2D eigenvalue weighted by molar-refractivity contribution is 6.23. The second-order valence-corrected chi connectivity index (χ2v) is 13.7. The van der Waals surface area contributed by atoms with E-state index in [1.807, 2.05) is 0 Å². The average Bonchev–Trinajstić information content (AvgIpc) is 3.22. The third kappa shape index (κ3) is 5.16. The van der Waals surface area contributed by atoms with E-state index < -0.39 is 0 Å². The molecule has 0 nitrogen and oxygen atoms in total. The van der Waals surface area contributed by atoms with Crippen LogP contribution in [-0.4, -0.2) is 0 Å². The molecule has 0 bridgehead atoms. The average molecular weight is 659 g/mol. The summed E-state index contributed by atoms with van der Waals surface area (Å²) in [6.07, 6.45) is 0. The maximum absolute atomic E-state index is 2.38. The molecule has 0 heterocycles. The first kappa shape index (κ1) is 30.1. The van der Waals surface area contributed by atoms with Gasteiger partial charge < -0.3 is 0 Å². The summed E-state index contributed by atoms with van der Waals surface area (Å²) in [4.78, 5) is 0. The van der Waals surface area contributed by atoms with Gasteiger partial charge in [0.15, 0.2) is 0 Å². The van der Waals surface area contributed by atoms with Crippen molar-refractivity contribution in [3.8, 4) is 55.6 Å². The lowest BCUT2D eigenvalue weighted by Crippen LogP contribution is -1.91. The van der Waals surface area contributed by atoms with E-state index in [1.54, 1.807) is 0 Å². The molecular formula is C52H34. The molecule has 0 spiro atoms. The molecule has 0 aromatic heterocycles. The Bertz CT molecular complexity index is 2870. The maximum Gasteiger partial charge on any atom is -0.00201 e. The van der Waals surface area contributed by atoms with E-state index in [-0.39, 0.29) is 0 Å². The molecule has 0 unspecified atom stereocenters. The molecular weight excluding hydrogens is 625 g/mol. The van der Waals surface area contributed by atoms with Crippen molar-refractivity contribution in [2.75, 3.05) is 0 Å². The predicted molar refractivity (Wildman–Crippen MR) is 224 cm³/mol. The van der Waals surface area contributed by atoms with Gasteiger partial charge in [-0.1, -0.05) is 188 Å². The second-order valence-electron chi connectivity index (χ2n) is 13.7. The lowest BCUT2D eigenvalue weighted by molar-refractivity contribution is 1.58. The van der Waals surface area contributed by atoms with Crippen LogP contribution >= 0.6 is 0 Å². The fourth-order valence-corrected chi connectivity index (χ4v) is 8.12. The number of benzene rings is 10. The Hall–Kier alpha value is -6.76. The summed E-state index contributed by atoms with van der Waals surface area (Å²) in [6.45, 7) is 0. The Morgan fingerprint density at radius 2 is 0.615 bits per heavy atom. The Labute approximate surface area is 303 Å². The quantitative estimate of drug-likeness (QED) is 0.161. The lowest BCUT2D eigenvalue weighted by Gasteiger charge is -2.19. The Kier molecular flexibility index (Phi) is 7.25. The van der Waals surface area contributed by atoms with Gasteiger partial charge in [-0.15, -0.1) is 0 Å². The third-order valence-corrected chi connectivity index (χ3v) is 10.6. The van der Waals surface area contributed by atoms with Crippen molar-refractivity contribution in [3.05, 3.63) is 206 Å². The Morgan fingerprint density at radius 3 is 1.27 bits per heavy atom. The van der Waals surface area contributed by atoms with Crippen LogP contribution in [0.25, 0.3) is 98.7 Å². The molecule has 52 heavy (non-hydrogen) atoms. The monoisotopic (exact) mass is 658 g/mol. The topological polar surface area (TPSA) is 0 Å². The number of hydrogen-bond acceptors (Lipinski definition) is 0. The summed E-state index contributed by atoms with van der Waals surface area (Å²) in [5.41, 5.74) is 12.4. The van der Waals surface area contributed by atoms with Crippen LogP contribution in [0, 0.1) is 0 Å². The molecule has 10 aromatic rings. The first-order chi connectivity index (χ1) is 25.8. The van der Waals surface area contributed by atoms with Gasteiger partial charge in [0, 0.05) is 0 Å². The summed E-state index contributed by atoms with van der Waals surface area (Å²) in [5.74, 6) is 0. The highest BCUT2D eigenvalue weighted by atomic mass is 14.2. The summed E-state index contributed by atoms with van der Waals surface area (Å²) in [6, 6.07) is 75.5. The van der Waals surface area contributed by atoms with Crippen LogP contribution in [0.15, 0.2) is 206 Å². The molecule has 0 heteroatoms. The standard InChI is InChI=1S/C52H34/c1-2-12-35(13-3-1)40-16-10-17-41(32-40)36-24-26-37(27-25-36)42-30-28-38-29-31-43(34-44(38)33-42)51-47-19-6-8-21-49(47)52(50-22-9-7-20-48(50)51)46-23-11-15-39-14-4-5-18-45(39)46/h1-34H. The van der Waals surface area contributed by atoms with Crippen LogP contribution in [0.5, 0.6) is 0 Å². The SMILES string of the molecule is c1ccc(-c2cccc(-c3ccc(-c4ccc5ccc(-c6c7ccccc7c(-c7cccc8ccccc78)c7ccccc67)cc5c4)cc3)c2)cc1. The van der Waals surface area contributed by atoms with Crippen LogP contribution < -0.4 is 0 Å². The van der Waals surface area contributed by atoms with Gasteiger partial charge in [0.1, 0.15) is 0 Å². The summed E-state index contributed by atoms with van der Waals surface area (Å²) in [5, 5.41) is 10.1. The van der Waals surface area contributed by atoms with Crippen molar-refractivity contribution in [1.29, 1.82) is 0 Å². The molecule has 10 aromatic carbocycles. The number of hydrogen-bond donors (Lipinski definition) is 0. The third-order valence-electron chi connectivity index (χ3n) is 10.6. The van der Waals surface area contributed by atoms with Gasteiger partial charge in [0.25, 0.3) is 0 Å². The maximum atomic E-state index is 2.38. The van der Waals surface area contributed by atoms with Crippen LogP contribution in [0.1, 0.15) is 0 Å². The van der Waals surface area contributed by atoms with E-state index >= 15 is 0 Å². The van der Waals surface area contributed by atoms with E-state index in [0.29, 0.717) is 0 Å². The highest BCUT2D eigenvalue weighted by Crippen LogP contribution is 2.45. The molecule has 0 radical (unpaired) electrons. The van der Waals surface area contributed by atoms with Gasteiger partial charge in [0.05, 0.1) is 0 Å². The van der Waals surface area contributed by atoms with Crippen LogP contribution in [-0.2, 0) is 0 Å². The molecule has 10 rings (SSSR count). The van der Waals surface area contributed by atoms with Gasteiger partial charge in [-0.25, -0.2) is 0 Å². The summed E-state index contributed by atoms with van der Waals surface area (Å²) >= 11 is 0. The minimum atomic E-state index is 1.21. The van der Waals surface area contributed by atoms with Crippen LogP contribution in [0.4, 0.5) is 0 Å². The summed E-state index contributed by atoms with van der Waals surface area (Å²) < 4.78 is 0. The molecule has 0 saturated heterocycles. The zero-order valence-electron chi connectivity index (χ0n) is 28.6. The normalized spacial score (nSPS) is 11.5. The molecule has 0 atom stereocenters. The van der Waals surface area contributed by atoms with Crippen molar-refractivity contribution in [1.82, 2.24) is 0 Å².